The summed E-state index contributed by atoms with van der Waals surface area (Å²) >= 11 is 0. The van der Waals surface area contributed by atoms with Crippen molar-refractivity contribution < 1.29 is 13.2 Å². The van der Waals surface area contributed by atoms with Crippen LogP contribution in [0.2, 0.25) is 0 Å². The van der Waals surface area contributed by atoms with Gasteiger partial charge >= 0.3 is 0 Å². The van der Waals surface area contributed by atoms with Gasteiger partial charge in [-0.05, 0) is 63.5 Å². The topological polar surface area (TPSA) is 75.3 Å². The summed E-state index contributed by atoms with van der Waals surface area (Å²) in [5.41, 5.74) is 1.04. The van der Waals surface area contributed by atoms with Crippen LogP contribution in [0.3, 0.4) is 0 Å². The normalized spacial score (nSPS) is 24.5. The molecule has 0 radical (unpaired) electrons. The lowest BCUT2D eigenvalue weighted by atomic mass is 9.81. The second-order valence-electron chi connectivity index (χ2n) is 8.58. The fourth-order valence-corrected chi connectivity index (χ4v) is 5.52. The van der Waals surface area contributed by atoms with E-state index < -0.39 is 10.0 Å². The Kier molecular flexibility index (Phi) is 7.52. The average molecular weight is 407 g/mol. The van der Waals surface area contributed by atoms with Crippen LogP contribution in [-0.2, 0) is 14.8 Å². The minimum atomic E-state index is -3.46. The third kappa shape index (κ3) is 6.05. The maximum atomic E-state index is 12.6. The monoisotopic (exact) mass is 406 g/mol. The van der Waals surface area contributed by atoms with E-state index in [4.69, 9.17) is 0 Å². The van der Waals surface area contributed by atoms with Crippen molar-refractivity contribution in [1.29, 1.82) is 0 Å². The van der Waals surface area contributed by atoms with Gasteiger partial charge in [-0.1, -0.05) is 43.4 Å². The van der Waals surface area contributed by atoms with Gasteiger partial charge in [-0.3, -0.25) is 4.79 Å². The van der Waals surface area contributed by atoms with Gasteiger partial charge in [0.05, 0.1) is 4.90 Å². The van der Waals surface area contributed by atoms with Crippen LogP contribution in [-0.4, -0.2) is 26.9 Å². The van der Waals surface area contributed by atoms with Crippen LogP contribution < -0.4 is 10.0 Å². The Morgan fingerprint density at radius 3 is 2.14 bits per heavy atom. The quantitative estimate of drug-likeness (QED) is 0.703. The molecule has 0 spiro atoms. The minimum Gasteiger partial charge on any atom is -0.353 e. The summed E-state index contributed by atoms with van der Waals surface area (Å²) in [5, 5.41) is 3.28. The lowest BCUT2D eigenvalue weighted by Gasteiger charge is -2.29. The zero-order chi connectivity index (χ0) is 20.0. The third-order valence-electron chi connectivity index (χ3n) is 6.31. The van der Waals surface area contributed by atoms with Crippen LogP contribution in [0.1, 0.15) is 69.8 Å². The van der Waals surface area contributed by atoms with Crippen molar-refractivity contribution in [3.05, 3.63) is 29.8 Å². The highest BCUT2D eigenvalue weighted by atomic mass is 32.2. The lowest BCUT2D eigenvalue weighted by Crippen LogP contribution is -2.40. The molecule has 0 bridgehead atoms. The second kappa shape index (κ2) is 9.88. The fraction of sp³-hybridized carbons (Fsp3) is 0.682. The lowest BCUT2D eigenvalue weighted by molar-refractivity contribution is -0.127. The molecule has 2 fully saturated rings. The molecule has 0 aromatic heterocycles. The van der Waals surface area contributed by atoms with Gasteiger partial charge in [-0.2, -0.15) is 0 Å². The Morgan fingerprint density at radius 1 is 0.929 bits per heavy atom. The molecule has 1 aromatic carbocycles. The Bertz CT molecular complexity index is 730. The first-order chi connectivity index (χ1) is 13.4. The van der Waals surface area contributed by atoms with Crippen molar-refractivity contribution in [3.63, 3.8) is 0 Å². The van der Waals surface area contributed by atoms with Crippen molar-refractivity contribution in [1.82, 2.24) is 10.0 Å². The van der Waals surface area contributed by atoms with E-state index in [0.717, 1.165) is 44.1 Å². The van der Waals surface area contributed by atoms with Gasteiger partial charge in [0.1, 0.15) is 0 Å². The largest absolute Gasteiger partial charge is 0.353 e. The molecule has 2 aliphatic carbocycles. The zero-order valence-corrected chi connectivity index (χ0v) is 17.8. The highest BCUT2D eigenvalue weighted by Gasteiger charge is 2.28. The number of hydrogen-bond acceptors (Lipinski definition) is 3. The predicted octanol–water partition coefficient (Wildman–Crippen LogP) is 3.92. The number of sulfonamides is 1. The highest BCUT2D eigenvalue weighted by molar-refractivity contribution is 7.89. The molecule has 0 heterocycles. The molecule has 1 amide bonds. The third-order valence-corrected chi connectivity index (χ3v) is 7.75. The number of aryl methyl sites for hydroxylation is 1. The minimum absolute atomic E-state index is 0.0909. The van der Waals surface area contributed by atoms with E-state index in [0.29, 0.717) is 23.4 Å². The smallest absolute Gasteiger partial charge is 0.240 e. The van der Waals surface area contributed by atoms with E-state index in [-0.39, 0.29) is 11.8 Å². The Labute approximate surface area is 169 Å². The first kappa shape index (κ1) is 21.3. The maximum Gasteiger partial charge on any atom is 0.240 e. The SMILES string of the molecule is Cc1ccc(S(=O)(=O)NCC2CCC(C(=O)NC3CCCCCC3)CC2)cc1. The second-order valence-corrected chi connectivity index (χ2v) is 10.3. The number of rotatable bonds is 6. The predicted molar refractivity (Wildman–Crippen MR) is 111 cm³/mol. The summed E-state index contributed by atoms with van der Waals surface area (Å²) < 4.78 is 27.6. The molecule has 0 aliphatic heterocycles. The Hall–Kier alpha value is -1.40. The Balaban J connectivity index is 1.42. The van der Waals surface area contributed by atoms with Gasteiger partial charge in [-0.25, -0.2) is 13.1 Å². The van der Waals surface area contributed by atoms with Crippen LogP contribution in [0.5, 0.6) is 0 Å². The zero-order valence-electron chi connectivity index (χ0n) is 17.0. The van der Waals surface area contributed by atoms with Gasteiger partial charge in [0, 0.05) is 18.5 Å². The molecule has 2 aliphatic rings. The van der Waals surface area contributed by atoms with E-state index in [1.807, 2.05) is 19.1 Å². The van der Waals surface area contributed by atoms with Gasteiger partial charge < -0.3 is 5.32 Å². The van der Waals surface area contributed by atoms with Crippen molar-refractivity contribution in [2.24, 2.45) is 11.8 Å². The molecule has 2 saturated carbocycles. The molecule has 0 saturated heterocycles. The number of hydrogen-bond donors (Lipinski definition) is 2. The molecule has 0 atom stereocenters. The standard InChI is InChI=1S/C22H34N2O3S/c1-17-8-14-21(15-9-17)28(26,27)23-16-18-10-12-19(13-11-18)22(25)24-20-6-4-2-3-5-7-20/h8-9,14-15,18-20,23H,2-7,10-13,16H2,1H3,(H,24,25). The highest BCUT2D eigenvalue weighted by Crippen LogP contribution is 2.29. The summed E-state index contributed by atoms with van der Waals surface area (Å²) in [6.45, 7) is 2.39. The molecule has 28 heavy (non-hydrogen) atoms. The number of benzene rings is 1. The van der Waals surface area contributed by atoms with Crippen molar-refractivity contribution in [3.8, 4) is 0 Å². The fourth-order valence-electron chi connectivity index (χ4n) is 4.40. The van der Waals surface area contributed by atoms with Gasteiger partial charge in [0.15, 0.2) is 0 Å². The van der Waals surface area contributed by atoms with Gasteiger partial charge in [-0.15, -0.1) is 0 Å². The molecule has 3 rings (SSSR count). The van der Waals surface area contributed by atoms with Crippen LogP contribution in [0.15, 0.2) is 29.2 Å². The average Bonchev–Trinajstić information content (AvgIpc) is 2.96. The summed E-state index contributed by atoms with van der Waals surface area (Å²) in [7, 11) is -3.46. The van der Waals surface area contributed by atoms with Gasteiger partial charge in [0.25, 0.3) is 0 Å². The molecule has 2 N–H and O–H groups in total. The van der Waals surface area contributed by atoms with Crippen molar-refractivity contribution >= 4 is 15.9 Å². The van der Waals surface area contributed by atoms with Crippen LogP contribution in [0.25, 0.3) is 0 Å². The van der Waals surface area contributed by atoms with E-state index in [2.05, 4.69) is 10.0 Å². The summed E-state index contributed by atoms with van der Waals surface area (Å²) in [4.78, 5) is 12.9. The Morgan fingerprint density at radius 2 is 1.54 bits per heavy atom. The molecule has 156 valence electrons. The molecular formula is C22H34N2O3S. The summed E-state index contributed by atoms with van der Waals surface area (Å²) in [6.07, 6.45) is 10.8. The van der Waals surface area contributed by atoms with E-state index in [9.17, 15) is 13.2 Å². The molecule has 0 unspecified atom stereocenters. The maximum absolute atomic E-state index is 12.6. The van der Waals surface area contributed by atoms with Gasteiger partial charge in [0.2, 0.25) is 15.9 Å². The number of nitrogens with one attached hydrogen (secondary N) is 2. The van der Waals surface area contributed by atoms with E-state index in [1.54, 1.807) is 12.1 Å². The number of carbonyl (C=O) groups is 1. The molecule has 1 aromatic rings. The molecule has 6 heteroatoms. The summed E-state index contributed by atoms with van der Waals surface area (Å²) in [5.74, 6) is 0.612. The number of carbonyl (C=O) groups excluding carboxylic acids is 1. The van der Waals surface area contributed by atoms with E-state index in [1.165, 1.54) is 25.7 Å². The van der Waals surface area contributed by atoms with Crippen molar-refractivity contribution in [2.45, 2.75) is 82.1 Å². The first-order valence-corrected chi connectivity index (χ1v) is 12.3. The first-order valence-electron chi connectivity index (χ1n) is 10.8. The van der Waals surface area contributed by atoms with Crippen molar-refractivity contribution in [2.75, 3.05) is 6.54 Å². The van der Waals surface area contributed by atoms with E-state index >= 15 is 0 Å². The molecular weight excluding hydrogens is 372 g/mol. The van der Waals surface area contributed by atoms with Crippen LogP contribution >= 0.6 is 0 Å². The number of amides is 1. The molecule has 5 nitrogen and oxygen atoms in total. The van der Waals surface area contributed by atoms with Crippen LogP contribution in [0, 0.1) is 18.8 Å². The van der Waals surface area contributed by atoms with Crippen LogP contribution in [0.4, 0.5) is 0 Å². The summed E-state index contributed by atoms with van der Waals surface area (Å²) in [6, 6.07) is 7.27.